The Labute approximate surface area is 90.3 Å². The zero-order valence-electron chi connectivity index (χ0n) is 9.62. The molecule has 0 aliphatic heterocycles. The second-order valence-corrected chi connectivity index (χ2v) is 3.88. The molecule has 15 heavy (non-hydrogen) atoms. The highest BCUT2D eigenvalue weighted by molar-refractivity contribution is 5.61. The van der Waals surface area contributed by atoms with Crippen LogP contribution in [-0.2, 0) is 7.05 Å². The van der Waals surface area contributed by atoms with Crippen LogP contribution in [0, 0.1) is 0 Å². The van der Waals surface area contributed by atoms with Crippen molar-refractivity contribution in [1.82, 2.24) is 9.78 Å². The van der Waals surface area contributed by atoms with Crippen molar-refractivity contribution >= 4 is 11.5 Å². The maximum atomic E-state index is 9.40. The third kappa shape index (κ3) is 2.41. The Bertz CT molecular complexity index is 309. The highest BCUT2D eigenvalue weighted by atomic mass is 16.3. The Kier molecular flexibility index (Phi) is 3.57. The number of nitrogens with two attached hydrogens (primary N) is 1. The summed E-state index contributed by atoms with van der Waals surface area (Å²) in [4.78, 5) is 0. The van der Waals surface area contributed by atoms with E-state index in [0.717, 1.165) is 12.8 Å². The standard InChI is InChI=1S/C10H20N4O/c1-4-10(5-2,7-15)12-9-8(11)6-14(3)13-9/h6,15H,4-5,7,11H2,1-3H3,(H,12,13). The molecule has 0 fully saturated rings. The van der Waals surface area contributed by atoms with E-state index in [0.29, 0.717) is 11.5 Å². The van der Waals surface area contributed by atoms with Gasteiger partial charge in [-0.3, -0.25) is 4.68 Å². The zero-order valence-corrected chi connectivity index (χ0v) is 9.62. The highest BCUT2D eigenvalue weighted by Crippen LogP contribution is 2.24. The van der Waals surface area contributed by atoms with Crippen LogP contribution in [-0.4, -0.2) is 27.0 Å². The molecule has 0 radical (unpaired) electrons. The first-order chi connectivity index (χ1) is 7.06. The normalized spacial score (nSPS) is 11.7. The number of nitrogens with zero attached hydrogens (tertiary/aromatic N) is 2. The molecule has 0 saturated carbocycles. The zero-order chi connectivity index (χ0) is 11.5. The van der Waals surface area contributed by atoms with E-state index in [2.05, 4.69) is 10.4 Å². The van der Waals surface area contributed by atoms with Crippen molar-refractivity contribution in [2.75, 3.05) is 17.7 Å². The largest absolute Gasteiger partial charge is 0.394 e. The average Bonchev–Trinajstić information content (AvgIpc) is 2.54. The van der Waals surface area contributed by atoms with Gasteiger partial charge in [0.25, 0.3) is 0 Å². The molecule has 0 spiro atoms. The summed E-state index contributed by atoms with van der Waals surface area (Å²) in [6, 6.07) is 0. The minimum atomic E-state index is -0.317. The topological polar surface area (TPSA) is 76.1 Å². The average molecular weight is 212 g/mol. The van der Waals surface area contributed by atoms with E-state index in [4.69, 9.17) is 5.73 Å². The van der Waals surface area contributed by atoms with Crippen LogP contribution in [0.5, 0.6) is 0 Å². The lowest BCUT2D eigenvalue weighted by molar-refractivity contribution is 0.202. The molecule has 0 unspecified atom stereocenters. The summed E-state index contributed by atoms with van der Waals surface area (Å²) in [5.74, 6) is 0.648. The van der Waals surface area contributed by atoms with Crippen molar-refractivity contribution in [3.8, 4) is 0 Å². The maximum Gasteiger partial charge on any atom is 0.171 e. The van der Waals surface area contributed by atoms with E-state index in [-0.39, 0.29) is 12.1 Å². The molecule has 5 heteroatoms. The molecule has 0 aliphatic carbocycles. The first-order valence-corrected chi connectivity index (χ1v) is 5.25. The van der Waals surface area contributed by atoms with Crippen molar-refractivity contribution in [3.63, 3.8) is 0 Å². The smallest absolute Gasteiger partial charge is 0.171 e. The summed E-state index contributed by atoms with van der Waals surface area (Å²) < 4.78 is 1.66. The van der Waals surface area contributed by atoms with Crippen LogP contribution in [0.2, 0.25) is 0 Å². The van der Waals surface area contributed by atoms with Crippen LogP contribution in [0.4, 0.5) is 11.5 Å². The van der Waals surface area contributed by atoms with Crippen LogP contribution < -0.4 is 11.1 Å². The van der Waals surface area contributed by atoms with Crippen LogP contribution in [0.1, 0.15) is 26.7 Å². The number of rotatable bonds is 5. The van der Waals surface area contributed by atoms with Gasteiger partial charge in [0.05, 0.1) is 17.8 Å². The minimum absolute atomic E-state index is 0.0794. The Morgan fingerprint density at radius 2 is 2.13 bits per heavy atom. The lowest BCUT2D eigenvalue weighted by atomic mass is 9.94. The maximum absolute atomic E-state index is 9.40. The minimum Gasteiger partial charge on any atom is -0.394 e. The highest BCUT2D eigenvalue weighted by Gasteiger charge is 2.26. The molecule has 1 rings (SSSR count). The predicted octanol–water partition coefficient (Wildman–Crippen LogP) is 0.965. The second-order valence-electron chi connectivity index (χ2n) is 3.88. The van der Waals surface area contributed by atoms with Gasteiger partial charge in [0.2, 0.25) is 0 Å². The molecule has 0 atom stereocenters. The molecular formula is C10H20N4O. The van der Waals surface area contributed by atoms with Gasteiger partial charge in [0, 0.05) is 13.2 Å². The molecule has 0 bridgehead atoms. The van der Waals surface area contributed by atoms with Crippen molar-refractivity contribution in [3.05, 3.63) is 6.20 Å². The molecular weight excluding hydrogens is 192 g/mol. The van der Waals surface area contributed by atoms with E-state index in [9.17, 15) is 5.11 Å². The lowest BCUT2D eigenvalue weighted by Crippen LogP contribution is -2.41. The molecule has 1 aromatic rings. The summed E-state index contributed by atoms with van der Waals surface area (Å²) >= 11 is 0. The van der Waals surface area contributed by atoms with Gasteiger partial charge in [0.15, 0.2) is 5.82 Å². The fourth-order valence-corrected chi connectivity index (χ4v) is 1.55. The summed E-state index contributed by atoms with van der Waals surface area (Å²) in [5, 5.41) is 16.8. The van der Waals surface area contributed by atoms with Crippen LogP contribution in [0.15, 0.2) is 6.20 Å². The first-order valence-electron chi connectivity index (χ1n) is 5.25. The van der Waals surface area contributed by atoms with Gasteiger partial charge in [-0.05, 0) is 12.8 Å². The monoisotopic (exact) mass is 212 g/mol. The molecule has 5 nitrogen and oxygen atoms in total. The van der Waals surface area contributed by atoms with Crippen molar-refractivity contribution in [2.24, 2.45) is 7.05 Å². The second kappa shape index (κ2) is 4.53. The third-order valence-electron chi connectivity index (χ3n) is 2.90. The Balaban J connectivity index is 2.87. The first kappa shape index (κ1) is 11.8. The number of aryl methyl sites for hydroxylation is 1. The van der Waals surface area contributed by atoms with Crippen LogP contribution in [0.25, 0.3) is 0 Å². The number of hydrogen-bond donors (Lipinski definition) is 3. The van der Waals surface area contributed by atoms with Gasteiger partial charge in [-0.15, -0.1) is 0 Å². The van der Waals surface area contributed by atoms with Gasteiger partial charge in [-0.2, -0.15) is 5.10 Å². The number of aliphatic hydroxyl groups excluding tert-OH is 1. The SMILES string of the molecule is CCC(CC)(CO)Nc1nn(C)cc1N. The molecule has 1 heterocycles. The molecule has 0 aromatic carbocycles. The van der Waals surface area contributed by atoms with Gasteiger partial charge < -0.3 is 16.2 Å². The number of aliphatic hydroxyl groups is 1. The third-order valence-corrected chi connectivity index (χ3v) is 2.90. The number of aromatic nitrogens is 2. The summed E-state index contributed by atoms with van der Waals surface area (Å²) in [6.45, 7) is 4.15. The van der Waals surface area contributed by atoms with Crippen LogP contribution in [0.3, 0.4) is 0 Å². The van der Waals surface area contributed by atoms with E-state index in [1.165, 1.54) is 0 Å². The molecule has 86 valence electrons. The molecule has 0 aliphatic rings. The predicted molar refractivity (Wildman–Crippen MR) is 61.6 cm³/mol. The van der Waals surface area contributed by atoms with Gasteiger partial charge in [0.1, 0.15) is 0 Å². The summed E-state index contributed by atoms with van der Waals surface area (Å²) in [6.07, 6.45) is 3.40. The molecule has 4 N–H and O–H groups in total. The summed E-state index contributed by atoms with van der Waals surface area (Å²) in [5.41, 5.74) is 6.08. The summed E-state index contributed by atoms with van der Waals surface area (Å²) in [7, 11) is 1.82. The van der Waals surface area contributed by atoms with E-state index in [1.807, 2.05) is 20.9 Å². The van der Waals surface area contributed by atoms with Gasteiger partial charge >= 0.3 is 0 Å². The fourth-order valence-electron chi connectivity index (χ4n) is 1.55. The number of anilines is 2. The molecule has 1 aromatic heterocycles. The van der Waals surface area contributed by atoms with Crippen LogP contribution >= 0.6 is 0 Å². The van der Waals surface area contributed by atoms with E-state index in [1.54, 1.807) is 10.9 Å². The Morgan fingerprint density at radius 3 is 2.47 bits per heavy atom. The Hall–Kier alpha value is -1.23. The van der Waals surface area contributed by atoms with E-state index < -0.39 is 0 Å². The van der Waals surface area contributed by atoms with Gasteiger partial charge in [-0.25, -0.2) is 0 Å². The quantitative estimate of drug-likeness (QED) is 0.679. The Morgan fingerprint density at radius 1 is 1.53 bits per heavy atom. The lowest BCUT2D eigenvalue weighted by Gasteiger charge is -2.30. The fraction of sp³-hybridized carbons (Fsp3) is 0.700. The number of hydrogen-bond acceptors (Lipinski definition) is 4. The number of nitrogen functional groups attached to an aromatic ring is 1. The van der Waals surface area contributed by atoms with Crippen molar-refractivity contribution < 1.29 is 5.11 Å². The van der Waals surface area contributed by atoms with Crippen molar-refractivity contribution in [1.29, 1.82) is 0 Å². The molecule has 0 amide bonds. The number of nitrogens with one attached hydrogen (secondary N) is 1. The van der Waals surface area contributed by atoms with Gasteiger partial charge in [-0.1, -0.05) is 13.8 Å². The van der Waals surface area contributed by atoms with Crippen molar-refractivity contribution in [2.45, 2.75) is 32.2 Å². The molecule has 0 saturated heterocycles. The van der Waals surface area contributed by atoms with E-state index >= 15 is 0 Å².